The van der Waals surface area contributed by atoms with Gasteiger partial charge in [-0.1, -0.05) is 6.08 Å². The zero-order valence-corrected chi connectivity index (χ0v) is 17.8. The van der Waals surface area contributed by atoms with E-state index in [9.17, 15) is 9.18 Å². The number of carbonyl (C=O) groups excluding carboxylic acids is 1. The topological polar surface area (TPSA) is 95.8 Å². The second-order valence-corrected chi connectivity index (χ2v) is 8.18. The van der Waals surface area contributed by atoms with Gasteiger partial charge in [-0.25, -0.2) is 9.37 Å². The molecule has 0 radical (unpaired) electrons. The van der Waals surface area contributed by atoms with Gasteiger partial charge in [0.1, 0.15) is 11.5 Å². The summed E-state index contributed by atoms with van der Waals surface area (Å²) < 4.78 is 13.2. The molecule has 31 heavy (non-hydrogen) atoms. The minimum atomic E-state index is -0.349. The molecule has 1 fully saturated rings. The maximum Gasteiger partial charge on any atom is 0.259 e. The molecule has 0 saturated heterocycles. The van der Waals surface area contributed by atoms with E-state index in [4.69, 9.17) is 5.73 Å². The van der Waals surface area contributed by atoms with Crippen LogP contribution in [0.4, 0.5) is 15.8 Å². The fourth-order valence-corrected chi connectivity index (χ4v) is 3.97. The molecule has 0 spiro atoms. The number of nitrogens with one attached hydrogen (secondary N) is 3. The second kappa shape index (κ2) is 8.89. The number of H-pyrrole nitrogens is 1. The number of benzene rings is 1. The Morgan fingerprint density at radius 1 is 1.23 bits per heavy atom. The maximum absolute atomic E-state index is 13.2. The Morgan fingerprint density at radius 3 is 2.61 bits per heavy atom. The molecule has 0 unspecified atom stereocenters. The smallest absolute Gasteiger partial charge is 0.259 e. The Hall–Kier alpha value is -3.19. The number of hydrogen-bond acceptors (Lipinski definition) is 4. The summed E-state index contributed by atoms with van der Waals surface area (Å²) in [5.41, 5.74) is 10.6. The van der Waals surface area contributed by atoms with Gasteiger partial charge in [0.05, 0.1) is 11.3 Å². The van der Waals surface area contributed by atoms with E-state index >= 15 is 0 Å². The standard InChI is InChI=1S/C24H28FN5O/c1-3-14(2)21-12-19-22(28-17-10-6-16(26)7-11-17)20(13-27-23(19)30-21)24(31)29-18-8-4-15(25)5-9-18/h3-5,8-9,12-13,16-17H,6-7,10-11,26H2,1-2H3,(H,29,31)(H2,27,28,30)/b14-3+/t16-,17-. The van der Waals surface area contributed by atoms with Crippen LogP contribution in [0.25, 0.3) is 16.6 Å². The lowest BCUT2D eigenvalue weighted by Gasteiger charge is -2.28. The Balaban J connectivity index is 1.71. The number of halogens is 1. The van der Waals surface area contributed by atoms with Crippen molar-refractivity contribution in [3.8, 4) is 0 Å². The molecular weight excluding hydrogens is 393 g/mol. The third kappa shape index (κ3) is 4.61. The number of amides is 1. The summed E-state index contributed by atoms with van der Waals surface area (Å²) in [6, 6.07) is 8.23. The van der Waals surface area contributed by atoms with Gasteiger partial charge in [-0.3, -0.25) is 4.79 Å². The molecule has 162 valence electrons. The predicted molar refractivity (Wildman–Crippen MR) is 124 cm³/mol. The maximum atomic E-state index is 13.2. The van der Waals surface area contributed by atoms with Crippen LogP contribution in [-0.4, -0.2) is 28.0 Å². The monoisotopic (exact) mass is 421 g/mol. The van der Waals surface area contributed by atoms with Crippen LogP contribution in [0.3, 0.4) is 0 Å². The molecule has 2 heterocycles. The van der Waals surface area contributed by atoms with Crippen LogP contribution >= 0.6 is 0 Å². The normalized spacial score (nSPS) is 19.4. The first-order valence-electron chi connectivity index (χ1n) is 10.7. The number of rotatable bonds is 5. The second-order valence-electron chi connectivity index (χ2n) is 8.18. The highest BCUT2D eigenvalue weighted by Crippen LogP contribution is 2.32. The SMILES string of the molecule is C/C=C(\C)c1cc2c(N[C@H]3CC[C@H](N)CC3)c(C(=O)Nc3ccc(F)cc3)cnc2[nH]1. The van der Waals surface area contributed by atoms with Crippen LogP contribution in [-0.2, 0) is 0 Å². The molecular formula is C24H28FN5O. The molecule has 1 aromatic carbocycles. The summed E-state index contributed by atoms with van der Waals surface area (Å²) in [5, 5.41) is 7.32. The van der Waals surface area contributed by atoms with Gasteiger partial charge in [-0.05, 0) is 75.4 Å². The highest BCUT2D eigenvalue weighted by atomic mass is 19.1. The van der Waals surface area contributed by atoms with Crippen LogP contribution < -0.4 is 16.4 Å². The lowest BCUT2D eigenvalue weighted by Crippen LogP contribution is -2.33. The van der Waals surface area contributed by atoms with Gasteiger partial charge < -0.3 is 21.4 Å². The van der Waals surface area contributed by atoms with Crippen LogP contribution in [0.15, 0.2) is 42.6 Å². The van der Waals surface area contributed by atoms with Crippen molar-refractivity contribution in [2.75, 3.05) is 10.6 Å². The summed E-state index contributed by atoms with van der Waals surface area (Å²) in [4.78, 5) is 21.0. The fourth-order valence-electron chi connectivity index (χ4n) is 3.97. The molecule has 2 aromatic heterocycles. The Bertz CT molecular complexity index is 1110. The van der Waals surface area contributed by atoms with E-state index in [-0.39, 0.29) is 23.8 Å². The van der Waals surface area contributed by atoms with Crippen molar-refractivity contribution in [1.29, 1.82) is 0 Å². The van der Waals surface area contributed by atoms with Crippen LogP contribution in [0.2, 0.25) is 0 Å². The number of hydrogen-bond donors (Lipinski definition) is 4. The number of allylic oxidation sites excluding steroid dienone is 2. The molecule has 0 aliphatic heterocycles. The van der Waals surface area contributed by atoms with Crippen LogP contribution in [0, 0.1) is 5.82 Å². The summed E-state index contributed by atoms with van der Waals surface area (Å²) >= 11 is 0. The number of anilines is 2. The van der Waals surface area contributed by atoms with Gasteiger partial charge in [0.15, 0.2) is 0 Å². The Kier molecular flexibility index (Phi) is 6.04. The minimum Gasteiger partial charge on any atom is -0.381 e. The van der Waals surface area contributed by atoms with E-state index in [0.717, 1.165) is 53.7 Å². The van der Waals surface area contributed by atoms with Crippen molar-refractivity contribution < 1.29 is 9.18 Å². The molecule has 4 rings (SSSR count). The first-order chi connectivity index (χ1) is 14.9. The summed E-state index contributed by atoms with van der Waals surface area (Å²) in [7, 11) is 0. The van der Waals surface area contributed by atoms with Gasteiger partial charge >= 0.3 is 0 Å². The van der Waals surface area contributed by atoms with Crippen LogP contribution in [0.1, 0.15) is 55.6 Å². The predicted octanol–water partition coefficient (Wildman–Crippen LogP) is 5.06. The minimum absolute atomic E-state index is 0.240. The van der Waals surface area contributed by atoms with E-state index in [2.05, 4.69) is 20.6 Å². The van der Waals surface area contributed by atoms with E-state index in [1.165, 1.54) is 12.1 Å². The highest BCUT2D eigenvalue weighted by molar-refractivity contribution is 6.12. The first kappa shape index (κ1) is 21.1. The molecule has 1 aliphatic rings. The molecule has 1 saturated carbocycles. The number of nitrogens with two attached hydrogens (primary N) is 1. The molecule has 1 aliphatic carbocycles. The third-order valence-electron chi connectivity index (χ3n) is 5.98. The van der Waals surface area contributed by atoms with Crippen molar-refractivity contribution in [2.45, 2.75) is 51.6 Å². The van der Waals surface area contributed by atoms with Crippen molar-refractivity contribution in [3.63, 3.8) is 0 Å². The van der Waals surface area contributed by atoms with E-state index in [1.807, 2.05) is 26.0 Å². The van der Waals surface area contributed by atoms with Gasteiger partial charge in [0.2, 0.25) is 0 Å². The van der Waals surface area contributed by atoms with Crippen molar-refractivity contribution in [2.24, 2.45) is 5.73 Å². The molecule has 6 nitrogen and oxygen atoms in total. The summed E-state index contributed by atoms with van der Waals surface area (Å²) in [6.07, 6.45) is 7.44. The highest BCUT2D eigenvalue weighted by Gasteiger charge is 2.23. The largest absolute Gasteiger partial charge is 0.381 e. The third-order valence-corrected chi connectivity index (χ3v) is 5.98. The molecule has 1 amide bonds. The molecule has 3 aromatic rings. The molecule has 5 N–H and O–H groups in total. The number of pyridine rings is 1. The van der Waals surface area contributed by atoms with Gasteiger partial charge in [-0.2, -0.15) is 0 Å². The number of carbonyl (C=O) groups is 1. The van der Waals surface area contributed by atoms with Crippen molar-refractivity contribution in [1.82, 2.24) is 9.97 Å². The average Bonchev–Trinajstić information content (AvgIpc) is 3.21. The van der Waals surface area contributed by atoms with Crippen LogP contribution in [0.5, 0.6) is 0 Å². The van der Waals surface area contributed by atoms with Gasteiger partial charge in [0, 0.05) is 35.0 Å². The van der Waals surface area contributed by atoms with E-state index in [1.54, 1.807) is 18.3 Å². The lowest BCUT2D eigenvalue weighted by molar-refractivity contribution is 0.102. The van der Waals surface area contributed by atoms with Crippen molar-refractivity contribution in [3.05, 3.63) is 59.7 Å². The number of aromatic amines is 1. The van der Waals surface area contributed by atoms with E-state index in [0.29, 0.717) is 11.3 Å². The quantitative estimate of drug-likeness (QED) is 0.463. The molecule has 7 heteroatoms. The summed E-state index contributed by atoms with van der Waals surface area (Å²) in [6.45, 7) is 4.02. The number of nitrogens with zero attached hydrogens (tertiary/aromatic N) is 1. The average molecular weight is 422 g/mol. The summed E-state index contributed by atoms with van der Waals surface area (Å²) in [5.74, 6) is -0.639. The Morgan fingerprint density at radius 2 is 1.94 bits per heavy atom. The van der Waals surface area contributed by atoms with E-state index < -0.39 is 0 Å². The number of fused-ring (bicyclic) bond motifs is 1. The zero-order valence-electron chi connectivity index (χ0n) is 17.8. The fraction of sp³-hybridized carbons (Fsp3) is 0.333. The molecule has 0 bridgehead atoms. The van der Waals surface area contributed by atoms with Gasteiger partial charge in [-0.15, -0.1) is 0 Å². The number of aromatic nitrogens is 2. The Labute approximate surface area is 181 Å². The van der Waals surface area contributed by atoms with Crippen molar-refractivity contribution >= 4 is 33.9 Å². The zero-order chi connectivity index (χ0) is 22.0. The molecule has 0 atom stereocenters. The van der Waals surface area contributed by atoms with Gasteiger partial charge in [0.25, 0.3) is 5.91 Å². The lowest BCUT2D eigenvalue weighted by atomic mass is 9.91. The first-order valence-corrected chi connectivity index (χ1v) is 10.7.